The Morgan fingerprint density at radius 2 is 2.00 bits per heavy atom. The second-order valence-electron chi connectivity index (χ2n) is 6.59. The van der Waals surface area contributed by atoms with E-state index in [1.165, 1.54) is 47.9 Å². The Morgan fingerprint density at radius 1 is 1.24 bits per heavy atom. The van der Waals surface area contributed by atoms with Gasteiger partial charge in [-0.2, -0.15) is 0 Å². The molecule has 0 bridgehead atoms. The lowest BCUT2D eigenvalue weighted by Gasteiger charge is -2.29. The highest BCUT2D eigenvalue weighted by atomic mass is 32.2. The van der Waals surface area contributed by atoms with Gasteiger partial charge in [0.15, 0.2) is 4.34 Å². The van der Waals surface area contributed by atoms with Crippen LogP contribution in [0.5, 0.6) is 0 Å². The minimum absolute atomic E-state index is 0.0898. The number of hydrogen-bond acceptors (Lipinski definition) is 6. The van der Waals surface area contributed by atoms with Crippen molar-refractivity contribution >= 4 is 39.8 Å². The second-order valence-corrected chi connectivity index (χ2v) is 8.79. The Bertz CT molecular complexity index is 701. The molecule has 1 saturated carbocycles. The second kappa shape index (κ2) is 8.67. The minimum atomic E-state index is 0.0898. The summed E-state index contributed by atoms with van der Waals surface area (Å²) in [4.78, 5) is 12.2. The molecule has 1 aromatic carbocycles. The van der Waals surface area contributed by atoms with Crippen LogP contribution in [0.25, 0.3) is 0 Å². The number of anilines is 2. The van der Waals surface area contributed by atoms with Crippen molar-refractivity contribution < 1.29 is 4.79 Å². The summed E-state index contributed by atoms with van der Waals surface area (Å²) < 4.78 is 0.807. The fraction of sp³-hybridized carbons (Fsp3) is 0.500. The summed E-state index contributed by atoms with van der Waals surface area (Å²) in [6, 6.07) is 8.46. The van der Waals surface area contributed by atoms with E-state index >= 15 is 0 Å². The molecule has 1 heterocycles. The van der Waals surface area contributed by atoms with Crippen LogP contribution >= 0.6 is 23.1 Å². The largest absolute Gasteiger partial charge is 0.352 e. The number of nitrogens with zero attached hydrogens (tertiary/aromatic N) is 2. The predicted molar refractivity (Wildman–Crippen MR) is 105 cm³/mol. The maximum absolute atomic E-state index is 12.2. The molecule has 5 nitrogen and oxygen atoms in total. The lowest BCUT2D eigenvalue weighted by atomic mass is 9.86. The molecule has 2 atom stereocenters. The molecule has 1 aromatic heterocycles. The van der Waals surface area contributed by atoms with Crippen LogP contribution in [0.2, 0.25) is 0 Å². The van der Waals surface area contributed by atoms with Crippen molar-refractivity contribution in [2.24, 2.45) is 5.92 Å². The van der Waals surface area contributed by atoms with Crippen molar-refractivity contribution in [3.63, 3.8) is 0 Å². The first-order valence-corrected chi connectivity index (χ1v) is 10.5. The molecule has 1 amide bonds. The Hall–Kier alpha value is -1.60. The van der Waals surface area contributed by atoms with Crippen molar-refractivity contribution in [1.29, 1.82) is 0 Å². The fourth-order valence-corrected chi connectivity index (χ4v) is 4.57. The van der Waals surface area contributed by atoms with E-state index in [4.69, 9.17) is 0 Å². The number of amides is 1. The number of carbonyl (C=O) groups excluding carboxylic acids is 1. The lowest BCUT2D eigenvalue weighted by Crippen LogP contribution is -2.41. The van der Waals surface area contributed by atoms with Gasteiger partial charge in [-0.05, 0) is 37.8 Å². The van der Waals surface area contributed by atoms with Crippen LogP contribution < -0.4 is 10.6 Å². The van der Waals surface area contributed by atoms with E-state index < -0.39 is 0 Å². The van der Waals surface area contributed by atoms with Crippen LogP contribution in [-0.4, -0.2) is 27.9 Å². The van der Waals surface area contributed by atoms with Gasteiger partial charge in [-0.3, -0.25) is 4.79 Å². The summed E-state index contributed by atoms with van der Waals surface area (Å²) in [6.07, 6.45) is 4.81. The number of rotatable bonds is 6. The van der Waals surface area contributed by atoms with Crippen LogP contribution in [-0.2, 0) is 4.79 Å². The van der Waals surface area contributed by atoms with Crippen molar-refractivity contribution in [2.45, 2.75) is 49.9 Å². The first kappa shape index (κ1) is 18.2. The van der Waals surface area contributed by atoms with E-state index in [1.54, 1.807) is 0 Å². The van der Waals surface area contributed by atoms with Gasteiger partial charge in [-0.1, -0.05) is 60.6 Å². The van der Waals surface area contributed by atoms with Gasteiger partial charge in [-0.15, -0.1) is 10.2 Å². The monoisotopic (exact) mass is 376 g/mol. The van der Waals surface area contributed by atoms with E-state index in [0.29, 0.717) is 17.7 Å². The van der Waals surface area contributed by atoms with Crippen LogP contribution in [0.4, 0.5) is 10.8 Å². The number of aromatic nitrogens is 2. The molecule has 0 saturated heterocycles. The molecule has 1 aliphatic rings. The average Bonchev–Trinajstić information content (AvgIpc) is 3.05. The Balaban J connectivity index is 1.46. The van der Waals surface area contributed by atoms with Gasteiger partial charge in [-0.25, -0.2) is 0 Å². The smallest absolute Gasteiger partial charge is 0.230 e. The predicted octanol–water partition coefficient (Wildman–Crippen LogP) is 4.38. The average molecular weight is 377 g/mol. The van der Waals surface area contributed by atoms with E-state index in [0.717, 1.165) is 21.6 Å². The molecule has 3 rings (SSSR count). The SMILES string of the molecule is Cc1ccc(Nc2nnc(SCC(=O)NC3CCCCC3C)s2)cc1. The van der Waals surface area contributed by atoms with E-state index in [9.17, 15) is 4.79 Å². The first-order chi connectivity index (χ1) is 12.1. The van der Waals surface area contributed by atoms with Gasteiger partial charge in [0.25, 0.3) is 0 Å². The van der Waals surface area contributed by atoms with E-state index in [-0.39, 0.29) is 5.91 Å². The Labute approximate surface area is 157 Å². The van der Waals surface area contributed by atoms with Gasteiger partial charge < -0.3 is 10.6 Å². The number of aryl methyl sites for hydroxylation is 1. The number of carbonyl (C=O) groups is 1. The summed E-state index contributed by atoms with van der Waals surface area (Å²) in [6.45, 7) is 4.29. The summed E-state index contributed by atoms with van der Waals surface area (Å²) in [5.41, 5.74) is 2.21. The maximum Gasteiger partial charge on any atom is 0.230 e. The van der Waals surface area contributed by atoms with Crippen LogP contribution in [0, 0.1) is 12.8 Å². The molecule has 1 aliphatic carbocycles. The lowest BCUT2D eigenvalue weighted by molar-refractivity contribution is -0.119. The quantitative estimate of drug-likeness (QED) is 0.733. The topological polar surface area (TPSA) is 66.9 Å². The molecular formula is C18H24N4OS2. The zero-order chi connectivity index (χ0) is 17.6. The first-order valence-electron chi connectivity index (χ1n) is 8.69. The van der Waals surface area contributed by atoms with E-state index in [2.05, 4.69) is 46.8 Å². The Morgan fingerprint density at radius 3 is 2.76 bits per heavy atom. The van der Waals surface area contributed by atoms with E-state index in [1.807, 2.05) is 12.1 Å². The highest BCUT2D eigenvalue weighted by Crippen LogP contribution is 2.28. The molecule has 25 heavy (non-hydrogen) atoms. The maximum atomic E-state index is 12.2. The highest BCUT2D eigenvalue weighted by Gasteiger charge is 2.22. The summed E-state index contributed by atoms with van der Waals surface area (Å²) >= 11 is 2.92. The summed E-state index contributed by atoms with van der Waals surface area (Å²) in [5.74, 6) is 1.06. The van der Waals surface area contributed by atoms with Crippen molar-refractivity contribution in [3.05, 3.63) is 29.8 Å². The summed E-state index contributed by atoms with van der Waals surface area (Å²) in [7, 11) is 0. The van der Waals surface area contributed by atoms with Gasteiger partial charge in [0.1, 0.15) is 0 Å². The molecule has 7 heteroatoms. The minimum Gasteiger partial charge on any atom is -0.352 e. The third-order valence-electron chi connectivity index (χ3n) is 4.49. The van der Waals surface area contributed by atoms with Crippen LogP contribution in [0.3, 0.4) is 0 Å². The third kappa shape index (κ3) is 5.44. The normalized spacial score (nSPS) is 20.2. The number of benzene rings is 1. The van der Waals surface area contributed by atoms with Gasteiger partial charge >= 0.3 is 0 Å². The molecule has 2 aromatic rings. The molecule has 2 unspecified atom stereocenters. The van der Waals surface area contributed by atoms with Gasteiger partial charge in [0.05, 0.1) is 5.75 Å². The van der Waals surface area contributed by atoms with Crippen molar-refractivity contribution in [1.82, 2.24) is 15.5 Å². The highest BCUT2D eigenvalue weighted by molar-refractivity contribution is 8.01. The molecule has 1 fully saturated rings. The van der Waals surface area contributed by atoms with Crippen molar-refractivity contribution in [2.75, 3.05) is 11.1 Å². The number of hydrogen-bond donors (Lipinski definition) is 2. The summed E-state index contributed by atoms with van der Waals surface area (Å²) in [5, 5.41) is 15.5. The molecule has 2 N–H and O–H groups in total. The fourth-order valence-electron chi connectivity index (χ4n) is 2.99. The molecule has 134 valence electrons. The zero-order valence-corrected chi connectivity index (χ0v) is 16.3. The third-order valence-corrected chi connectivity index (χ3v) is 6.47. The molecule has 0 radical (unpaired) electrons. The van der Waals surface area contributed by atoms with Crippen LogP contribution in [0.15, 0.2) is 28.6 Å². The van der Waals surface area contributed by atoms with Crippen LogP contribution in [0.1, 0.15) is 38.2 Å². The van der Waals surface area contributed by atoms with Gasteiger partial charge in [0.2, 0.25) is 11.0 Å². The molecule has 0 spiro atoms. The Kier molecular flexibility index (Phi) is 6.31. The molecule has 0 aliphatic heterocycles. The van der Waals surface area contributed by atoms with Crippen molar-refractivity contribution in [3.8, 4) is 0 Å². The number of nitrogens with one attached hydrogen (secondary N) is 2. The number of thioether (sulfide) groups is 1. The molecular weight excluding hydrogens is 352 g/mol. The van der Waals surface area contributed by atoms with Gasteiger partial charge in [0, 0.05) is 11.7 Å². The standard InChI is InChI=1S/C18H24N4OS2/c1-12-7-9-14(10-8-12)19-17-21-22-18(25-17)24-11-16(23)20-15-6-4-3-5-13(15)2/h7-10,13,15H,3-6,11H2,1-2H3,(H,19,21)(H,20,23). The zero-order valence-electron chi connectivity index (χ0n) is 14.6.